The number of carbonyl (C=O) groups excluding carboxylic acids is 2. The second-order valence-corrected chi connectivity index (χ2v) is 7.80. The van der Waals surface area contributed by atoms with Crippen LogP contribution in [0.1, 0.15) is 46.4 Å². The number of urea groups is 1. The lowest BCUT2D eigenvalue weighted by atomic mass is 10.1. The minimum absolute atomic E-state index is 0.0664. The van der Waals surface area contributed by atoms with Crippen molar-refractivity contribution in [3.8, 4) is 0 Å². The molecule has 31 heavy (non-hydrogen) atoms. The van der Waals surface area contributed by atoms with Gasteiger partial charge in [0.05, 0.1) is 11.6 Å². The van der Waals surface area contributed by atoms with Gasteiger partial charge in [0, 0.05) is 31.7 Å². The van der Waals surface area contributed by atoms with Gasteiger partial charge in [0.2, 0.25) is 0 Å². The predicted molar refractivity (Wildman–Crippen MR) is 112 cm³/mol. The van der Waals surface area contributed by atoms with Crippen LogP contribution in [0, 0.1) is 6.92 Å². The summed E-state index contributed by atoms with van der Waals surface area (Å²) < 4.78 is 38.8. The number of halogens is 3. The Labute approximate surface area is 179 Å². The Morgan fingerprint density at radius 1 is 0.968 bits per heavy atom. The zero-order valence-electron chi connectivity index (χ0n) is 17.6. The lowest BCUT2D eigenvalue weighted by Crippen LogP contribution is -2.43. The van der Waals surface area contributed by atoms with Crippen LogP contribution in [0.2, 0.25) is 0 Å². The molecule has 0 radical (unpaired) electrons. The van der Waals surface area contributed by atoms with Crippen molar-refractivity contribution in [2.45, 2.75) is 32.5 Å². The van der Waals surface area contributed by atoms with Crippen molar-refractivity contribution >= 4 is 11.9 Å². The van der Waals surface area contributed by atoms with Gasteiger partial charge in [-0.15, -0.1) is 0 Å². The van der Waals surface area contributed by atoms with Crippen molar-refractivity contribution in [1.29, 1.82) is 0 Å². The van der Waals surface area contributed by atoms with Crippen molar-refractivity contribution in [3.63, 3.8) is 0 Å². The summed E-state index contributed by atoms with van der Waals surface area (Å²) >= 11 is 0. The van der Waals surface area contributed by atoms with Gasteiger partial charge in [-0.25, -0.2) is 4.79 Å². The van der Waals surface area contributed by atoms with Crippen molar-refractivity contribution in [3.05, 3.63) is 70.8 Å². The van der Waals surface area contributed by atoms with Crippen LogP contribution in [0.4, 0.5) is 18.0 Å². The molecule has 1 atom stereocenters. The fourth-order valence-corrected chi connectivity index (χ4v) is 3.63. The van der Waals surface area contributed by atoms with Crippen LogP contribution in [0.25, 0.3) is 0 Å². The summed E-state index contributed by atoms with van der Waals surface area (Å²) in [5, 5.41) is 2.77. The van der Waals surface area contributed by atoms with Gasteiger partial charge in [0.25, 0.3) is 5.91 Å². The number of carbonyl (C=O) groups is 2. The monoisotopic (exact) mass is 433 g/mol. The van der Waals surface area contributed by atoms with Crippen LogP contribution in [-0.2, 0) is 6.18 Å². The molecule has 8 heteroatoms. The predicted octanol–water partition coefficient (Wildman–Crippen LogP) is 4.63. The van der Waals surface area contributed by atoms with Gasteiger partial charge >= 0.3 is 12.2 Å². The summed E-state index contributed by atoms with van der Waals surface area (Å²) in [4.78, 5) is 28.8. The summed E-state index contributed by atoms with van der Waals surface area (Å²) in [6.07, 6.45) is -3.80. The van der Waals surface area contributed by atoms with Crippen molar-refractivity contribution in [2.75, 3.05) is 26.2 Å². The first-order chi connectivity index (χ1) is 14.6. The average Bonchev–Trinajstić information content (AvgIpc) is 2.99. The maximum atomic E-state index is 12.9. The van der Waals surface area contributed by atoms with Crippen LogP contribution >= 0.6 is 0 Å². The fraction of sp³-hybridized carbons (Fsp3) is 0.391. The van der Waals surface area contributed by atoms with E-state index in [4.69, 9.17) is 0 Å². The minimum Gasteiger partial charge on any atom is -0.337 e. The highest BCUT2D eigenvalue weighted by Crippen LogP contribution is 2.30. The highest BCUT2D eigenvalue weighted by atomic mass is 19.4. The standard InChI is InChI=1S/C23H26F3N3O2/c1-16-6-3-8-19(14-16)21(30)28-10-5-11-29(13-12-28)22(31)27-17(2)18-7-4-9-20(15-18)23(24,25)26/h3-4,6-9,14-15,17H,5,10-13H2,1-2H3,(H,27,31). The van der Waals surface area contributed by atoms with E-state index in [1.165, 1.54) is 6.07 Å². The molecule has 166 valence electrons. The molecule has 2 aromatic carbocycles. The summed E-state index contributed by atoms with van der Waals surface area (Å²) in [6, 6.07) is 11.4. The van der Waals surface area contributed by atoms with Gasteiger partial charge in [-0.3, -0.25) is 4.79 Å². The van der Waals surface area contributed by atoms with Crippen molar-refractivity contribution in [1.82, 2.24) is 15.1 Å². The maximum absolute atomic E-state index is 12.9. The van der Waals surface area contributed by atoms with E-state index < -0.39 is 17.8 Å². The number of benzene rings is 2. The molecule has 0 aromatic heterocycles. The van der Waals surface area contributed by atoms with Crippen molar-refractivity contribution < 1.29 is 22.8 Å². The fourth-order valence-electron chi connectivity index (χ4n) is 3.63. The number of aryl methyl sites for hydroxylation is 1. The highest BCUT2D eigenvalue weighted by molar-refractivity contribution is 5.94. The number of hydrogen-bond donors (Lipinski definition) is 1. The van der Waals surface area contributed by atoms with Crippen LogP contribution in [0.3, 0.4) is 0 Å². The molecule has 1 aliphatic rings. The first-order valence-corrected chi connectivity index (χ1v) is 10.2. The SMILES string of the molecule is Cc1cccc(C(=O)N2CCCN(C(=O)NC(C)c3cccc(C(F)(F)F)c3)CC2)c1. The molecule has 3 amide bonds. The zero-order valence-corrected chi connectivity index (χ0v) is 17.6. The van der Waals surface area contributed by atoms with Crippen LogP contribution in [0.5, 0.6) is 0 Å². The lowest BCUT2D eigenvalue weighted by molar-refractivity contribution is -0.137. The van der Waals surface area contributed by atoms with Gasteiger partial charge in [0.1, 0.15) is 0 Å². The Morgan fingerprint density at radius 3 is 2.35 bits per heavy atom. The van der Waals surface area contributed by atoms with E-state index in [1.54, 1.807) is 28.9 Å². The van der Waals surface area contributed by atoms with E-state index in [1.807, 2.05) is 25.1 Å². The summed E-state index contributed by atoms with van der Waals surface area (Å²) in [6.45, 7) is 5.35. The van der Waals surface area contributed by atoms with Gasteiger partial charge in [-0.05, 0) is 50.1 Å². The Bertz CT molecular complexity index is 946. The number of amides is 3. The third-order valence-corrected chi connectivity index (χ3v) is 5.39. The largest absolute Gasteiger partial charge is 0.416 e. The third kappa shape index (κ3) is 5.77. The topological polar surface area (TPSA) is 52.7 Å². The smallest absolute Gasteiger partial charge is 0.337 e. The molecule has 0 spiro atoms. The number of rotatable bonds is 3. The Kier molecular flexibility index (Phi) is 6.87. The molecular formula is C23H26F3N3O2. The molecule has 0 bridgehead atoms. The number of alkyl halides is 3. The molecule has 5 nitrogen and oxygen atoms in total. The molecule has 3 rings (SSSR count). The minimum atomic E-state index is -4.43. The first kappa shape index (κ1) is 22.7. The number of hydrogen-bond acceptors (Lipinski definition) is 2. The van der Waals surface area contributed by atoms with E-state index >= 15 is 0 Å². The molecule has 1 fully saturated rings. The molecule has 1 heterocycles. The second kappa shape index (κ2) is 9.41. The second-order valence-electron chi connectivity index (χ2n) is 7.80. The molecule has 1 N–H and O–H groups in total. The highest BCUT2D eigenvalue weighted by Gasteiger charge is 2.31. The number of nitrogens with zero attached hydrogens (tertiary/aromatic N) is 2. The zero-order chi connectivity index (χ0) is 22.6. The van der Waals surface area contributed by atoms with Gasteiger partial charge in [-0.1, -0.05) is 29.8 Å². The molecule has 2 aromatic rings. The van der Waals surface area contributed by atoms with Crippen molar-refractivity contribution in [2.24, 2.45) is 0 Å². The summed E-state index contributed by atoms with van der Waals surface area (Å²) in [5.74, 6) is -0.0664. The molecule has 0 saturated carbocycles. The van der Waals surface area contributed by atoms with E-state index in [2.05, 4.69) is 5.32 Å². The molecular weight excluding hydrogens is 407 g/mol. The third-order valence-electron chi connectivity index (χ3n) is 5.39. The maximum Gasteiger partial charge on any atom is 0.416 e. The Balaban J connectivity index is 1.60. The normalized spacial score (nSPS) is 15.9. The van der Waals surface area contributed by atoms with Crippen LogP contribution in [0.15, 0.2) is 48.5 Å². The number of nitrogens with one attached hydrogen (secondary N) is 1. The average molecular weight is 433 g/mol. The molecule has 0 aliphatic carbocycles. The summed E-state index contributed by atoms with van der Waals surface area (Å²) in [5.41, 5.74) is 1.27. The van der Waals surface area contributed by atoms with Crippen LogP contribution < -0.4 is 5.32 Å². The van der Waals surface area contributed by atoms with Gasteiger partial charge in [0.15, 0.2) is 0 Å². The van der Waals surface area contributed by atoms with E-state index in [-0.39, 0.29) is 11.9 Å². The van der Waals surface area contributed by atoms with E-state index in [9.17, 15) is 22.8 Å². The quantitative estimate of drug-likeness (QED) is 0.767. The van der Waals surface area contributed by atoms with E-state index in [0.29, 0.717) is 43.7 Å². The van der Waals surface area contributed by atoms with Gasteiger partial charge < -0.3 is 15.1 Å². The lowest BCUT2D eigenvalue weighted by Gasteiger charge is -2.25. The molecule has 1 aliphatic heterocycles. The van der Waals surface area contributed by atoms with Gasteiger partial charge in [-0.2, -0.15) is 13.2 Å². The Morgan fingerprint density at radius 2 is 1.65 bits per heavy atom. The first-order valence-electron chi connectivity index (χ1n) is 10.2. The summed E-state index contributed by atoms with van der Waals surface area (Å²) in [7, 11) is 0. The van der Waals surface area contributed by atoms with E-state index in [0.717, 1.165) is 17.7 Å². The molecule has 1 saturated heterocycles. The Hall–Kier alpha value is -3.03. The van der Waals surface area contributed by atoms with Crippen LogP contribution in [-0.4, -0.2) is 47.9 Å². The molecule has 1 unspecified atom stereocenters.